The molecule has 1 amide bonds. The van der Waals surface area contributed by atoms with E-state index in [0.29, 0.717) is 10.7 Å². The quantitative estimate of drug-likeness (QED) is 0.733. The lowest BCUT2D eigenvalue weighted by molar-refractivity contribution is 0.102. The molecule has 0 aromatic carbocycles. The standard InChI is InChI=1S/C10H7N5O2S/c16-5-1-2-7-3-4-8(11-6-7)9(17)12-10-13-14-15-18-10/h3-4,6,16H,5H2,(H,12,13,15,17). The van der Waals surface area contributed by atoms with Crippen LogP contribution in [0.25, 0.3) is 0 Å². The van der Waals surface area contributed by atoms with E-state index >= 15 is 0 Å². The summed E-state index contributed by atoms with van der Waals surface area (Å²) in [6, 6.07) is 3.17. The maximum atomic E-state index is 11.7. The Morgan fingerprint density at radius 3 is 3.00 bits per heavy atom. The van der Waals surface area contributed by atoms with E-state index in [4.69, 9.17) is 5.11 Å². The molecule has 2 aromatic heterocycles. The lowest BCUT2D eigenvalue weighted by atomic mass is 10.2. The third-order valence-corrected chi connectivity index (χ3v) is 2.34. The zero-order valence-electron chi connectivity index (χ0n) is 8.99. The van der Waals surface area contributed by atoms with Gasteiger partial charge in [-0.05, 0) is 17.3 Å². The van der Waals surface area contributed by atoms with Crippen molar-refractivity contribution >= 4 is 22.6 Å². The van der Waals surface area contributed by atoms with Gasteiger partial charge in [0, 0.05) is 23.3 Å². The zero-order chi connectivity index (χ0) is 12.8. The van der Waals surface area contributed by atoms with Crippen LogP contribution in [0.1, 0.15) is 16.1 Å². The van der Waals surface area contributed by atoms with E-state index in [-0.39, 0.29) is 12.3 Å². The number of aromatic nitrogens is 4. The van der Waals surface area contributed by atoms with E-state index < -0.39 is 5.91 Å². The number of aliphatic hydroxyl groups is 1. The van der Waals surface area contributed by atoms with Crippen molar-refractivity contribution in [1.29, 1.82) is 0 Å². The van der Waals surface area contributed by atoms with Crippen LogP contribution in [0.2, 0.25) is 0 Å². The summed E-state index contributed by atoms with van der Waals surface area (Å²) in [6.45, 7) is -0.216. The second kappa shape index (κ2) is 5.81. The van der Waals surface area contributed by atoms with E-state index in [1.54, 1.807) is 6.07 Å². The molecule has 18 heavy (non-hydrogen) atoms. The normalized spacial score (nSPS) is 9.39. The topological polar surface area (TPSA) is 101 Å². The summed E-state index contributed by atoms with van der Waals surface area (Å²) in [5.41, 5.74) is 0.859. The molecule has 0 bridgehead atoms. The van der Waals surface area contributed by atoms with Crippen LogP contribution in [0.4, 0.5) is 5.13 Å². The highest BCUT2D eigenvalue weighted by Crippen LogP contribution is 2.07. The fourth-order valence-corrected chi connectivity index (χ4v) is 1.45. The van der Waals surface area contributed by atoms with E-state index in [1.807, 2.05) is 0 Å². The van der Waals surface area contributed by atoms with Crippen molar-refractivity contribution in [3.63, 3.8) is 0 Å². The number of amides is 1. The minimum Gasteiger partial charge on any atom is -0.384 e. The molecule has 2 N–H and O–H groups in total. The molecule has 90 valence electrons. The molecule has 2 heterocycles. The Hall–Kier alpha value is -2.37. The van der Waals surface area contributed by atoms with Gasteiger partial charge < -0.3 is 5.11 Å². The smallest absolute Gasteiger partial charge is 0.276 e. The SMILES string of the molecule is O=C(Nc1nnns1)c1ccc(C#CCO)cn1. The predicted octanol–water partition coefficient (Wildman–Crippen LogP) is -0.0758. The fourth-order valence-electron chi connectivity index (χ4n) is 1.09. The van der Waals surface area contributed by atoms with Crippen LogP contribution in [0.15, 0.2) is 18.3 Å². The fraction of sp³-hybridized carbons (Fsp3) is 0.100. The van der Waals surface area contributed by atoms with Gasteiger partial charge >= 0.3 is 0 Å². The second-order valence-corrected chi connectivity index (χ2v) is 3.75. The van der Waals surface area contributed by atoms with E-state index in [0.717, 1.165) is 11.5 Å². The monoisotopic (exact) mass is 261 g/mol. The number of hydrogen-bond donors (Lipinski definition) is 2. The van der Waals surface area contributed by atoms with Crippen LogP contribution >= 0.6 is 11.5 Å². The molecule has 0 aliphatic heterocycles. The van der Waals surface area contributed by atoms with Crippen molar-refractivity contribution in [2.75, 3.05) is 11.9 Å². The van der Waals surface area contributed by atoms with E-state index in [1.165, 1.54) is 12.3 Å². The molecule has 0 unspecified atom stereocenters. The molecule has 2 rings (SSSR count). The number of carbonyl (C=O) groups excluding carboxylic acids is 1. The van der Waals surface area contributed by atoms with Gasteiger partial charge in [-0.25, -0.2) is 4.98 Å². The summed E-state index contributed by atoms with van der Waals surface area (Å²) in [4.78, 5) is 15.7. The van der Waals surface area contributed by atoms with E-state index in [2.05, 4.69) is 36.9 Å². The minimum absolute atomic E-state index is 0.216. The van der Waals surface area contributed by atoms with Crippen molar-refractivity contribution in [2.45, 2.75) is 0 Å². The lowest BCUT2D eigenvalue weighted by Gasteiger charge is -1.99. The van der Waals surface area contributed by atoms with E-state index in [9.17, 15) is 4.79 Å². The average Bonchev–Trinajstić information content (AvgIpc) is 2.89. The minimum atomic E-state index is -0.393. The van der Waals surface area contributed by atoms with Gasteiger partial charge in [-0.15, -0.1) is 0 Å². The highest BCUT2D eigenvalue weighted by atomic mass is 32.1. The summed E-state index contributed by atoms with van der Waals surface area (Å²) >= 11 is 0.978. The number of hydrogen-bond acceptors (Lipinski definition) is 7. The number of pyridine rings is 1. The average molecular weight is 261 g/mol. The Balaban J connectivity index is 2.07. The van der Waals surface area contributed by atoms with Gasteiger partial charge in [0.1, 0.15) is 12.3 Å². The summed E-state index contributed by atoms with van der Waals surface area (Å²) < 4.78 is 3.52. The van der Waals surface area contributed by atoms with Crippen LogP contribution in [-0.4, -0.2) is 37.4 Å². The number of rotatable bonds is 2. The van der Waals surface area contributed by atoms with Crippen molar-refractivity contribution in [2.24, 2.45) is 0 Å². The maximum absolute atomic E-state index is 11.7. The van der Waals surface area contributed by atoms with Crippen LogP contribution in [-0.2, 0) is 0 Å². The van der Waals surface area contributed by atoms with Gasteiger partial charge in [0.25, 0.3) is 5.91 Å². The third kappa shape index (κ3) is 3.07. The van der Waals surface area contributed by atoms with Gasteiger partial charge in [-0.2, -0.15) is 0 Å². The van der Waals surface area contributed by atoms with Gasteiger partial charge in [0.15, 0.2) is 0 Å². The Bertz CT molecular complexity index is 585. The Kier molecular flexibility index (Phi) is 3.90. The molecule has 0 aliphatic carbocycles. The molecule has 8 heteroatoms. The number of carbonyl (C=O) groups is 1. The highest BCUT2D eigenvalue weighted by Gasteiger charge is 2.09. The van der Waals surface area contributed by atoms with Crippen molar-refractivity contribution in [1.82, 2.24) is 19.8 Å². The molecule has 0 aliphatic rings. The molecular weight excluding hydrogens is 254 g/mol. The van der Waals surface area contributed by atoms with Crippen LogP contribution in [0.3, 0.4) is 0 Å². The second-order valence-electron chi connectivity index (χ2n) is 3.01. The van der Waals surface area contributed by atoms with Crippen molar-refractivity contribution in [3.05, 3.63) is 29.6 Å². The molecule has 2 aromatic rings. The molecular formula is C10H7N5O2S. The Morgan fingerprint density at radius 2 is 2.39 bits per heavy atom. The zero-order valence-corrected chi connectivity index (χ0v) is 9.81. The first-order valence-corrected chi connectivity index (χ1v) is 5.59. The lowest BCUT2D eigenvalue weighted by Crippen LogP contribution is -2.13. The maximum Gasteiger partial charge on any atom is 0.276 e. The largest absolute Gasteiger partial charge is 0.384 e. The first-order valence-electron chi connectivity index (χ1n) is 4.82. The number of nitrogens with one attached hydrogen (secondary N) is 1. The number of anilines is 1. The summed E-state index contributed by atoms with van der Waals surface area (Å²) in [6.07, 6.45) is 1.45. The summed E-state index contributed by atoms with van der Waals surface area (Å²) in [5, 5.41) is 18.3. The predicted molar refractivity (Wildman–Crippen MR) is 63.9 cm³/mol. The summed E-state index contributed by atoms with van der Waals surface area (Å²) in [5.74, 6) is 4.78. The van der Waals surface area contributed by atoms with Gasteiger partial charge in [-0.3, -0.25) is 10.1 Å². The Morgan fingerprint density at radius 1 is 1.50 bits per heavy atom. The molecule has 7 nitrogen and oxygen atoms in total. The third-order valence-electron chi connectivity index (χ3n) is 1.83. The molecule has 0 saturated carbocycles. The Labute approximate surface area is 106 Å². The van der Waals surface area contributed by atoms with Crippen LogP contribution in [0.5, 0.6) is 0 Å². The first kappa shape index (κ1) is 12.1. The van der Waals surface area contributed by atoms with Gasteiger partial charge in [-0.1, -0.05) is 21.4 Å². The number of aliphatic hydroxyl groups excluding tert-OH is 1. The van der Waals surface area contributed by atoms with Crippen LogP contribution < -0.4 is 5.32 Å². The molecule has 0 radical (unpaired) electrons. The van der Waals surface area contributed by atoms with Gasteiger partial charge in [0.2, 0.25) is 5.13 Å². The molecule has 0 saturated heterocycles. The highest BCUT2D eigenvalue weighted by molar-refractivity contribution is 7.09. The van der Waals surface area contributed by atoms with Gasteiger partial charge in [0.05, 0.1) is 0 Å². The molecule has 0 atom stereocenters. The van der Waals surface area contributed by atoms with Crippen LogP contribution in [0, 0.1) is 11.8 Å². The first-order chi connectivity index (χ1) is 8.79. The summed E-state index contributed by atoms with van der Waals surface area (Å²) in [7, 11) is 0. The van der Waals surface area contributed by atoms with Crippen molar-refractivity contribution < 1.29 is 9.90 Å². The molecule has 0 fully saturated rings. The molecule has 0 spiro atoms. The van der Waals surface area contributed by atoms with Crippen molar-refractivity contribution in [3.8, 4) is 11.8 Å². The number of nitrogens with zero attached hydrogens (tertiary/aromatic N) is 4.